The molecule has 6 nitrogen and oxygen atoms in total. The molecule has 1 unspecified atom stereocenters. The third-order valence-electron chi connectivity index (χ3n) is 2.76. The predicted octanol–water partition coefficient (Wildman–Crippen LogP) is 0.394. The zero-order chi connectivity index (χ0) is 17.0. The highest BCUT2D eigenvalue weighted by molar-refractivity contribution is 7.14. The predicted molar refractivity (Wildman–Crippen MR) is 98.1 cm³/mol. The smallest absolute Gasteiger partial charge is 0.424 e. The van der Waals surface area contributed by atoms with Crippen LogP contribution in [0.3, 0.4) is 0 Å². The third kappa shape index (κ3) is 8.52. The average molecular weight is 380 g/mol. The van der Waals surface area contributed by atoms with Crippen LogP contribution in [0.2, 0.25) is 39.3 Å². The van der Waals surface area contributed by atoms with E-state index in [1.165, 1.54) is 0 Å². The van der Waals surface area contributed by atoms with Gasteiger partial charge in [0.05, 0.1) is 26.8 Å². The first kappa shape index (κ1) is 20.7. The van der Waals surface area contributed by atoms with Crippen LogP contribution in [0.5, 0.6) is 0 Å². The van der Waals surface area contributed by atoms with Gasteiger partial charge in [-0.25, -0.2) is 0 Å². The molecular weight excluding hydrogens is 349 g/mol. The summed E-state index contributed by atoms with van der Waals surface area (Å²) in [5.41, 5.74) is 0. The van der Waals surface area contributed by atoms with Gasteiger partial charge in [0.2, 0.25) is 0 Å². The molecule has 1 aliphatic rings. The summed E-state index contributed by atoms with van der Waals surface area (Å²) in [6.07, 6.45) is 0.576. The van der Waals surface area contributed by atoms with Gasteiger partial charge in [0.15, 0.2) is 9.04 Å². The topological polar surface area (TPSA) is 60.4 Å². The van der Waals surface area contributed by atoms with Crippen LogP contribution in [0, 0.1) is 0 Å². The number of ether oxygens (including phenoxy) is 1. The van der Waals surface area contributed by atoms with E-state index in [-0.39, 0.29) is 0 Å². The summed E-state index contributed by atoms with van der Waals surface area (Å²) in [7, 11) is -3.39. The first-order valence-electron chi connectivity index (χ1n) is 7.80. The van der Waals surface area contributed by atoms with Crippen LogP contribution < -0.4 is 0 Å². The quantitative estimate of drug-likeness (QED) is 0.616. The summed E-state index contributed by atoms with van der Waals surface area (Å²) in [6, 6.07) is 0. The van der Waals surface area contributed by atoms with E-state index in [0.29, 0.717) is 19.4 Å². The summed E-state index contributed by atoms with van der Waals surface area (Å²) in [6.45, 7) is 14.6. The maximum Gasteiger partial charge on any atom is 0.485 e. The van der Waals surface area contributed by atoms with E-state index in [1.54, 1.807) is 13.1 Å². The van der Waals surface area contributed by atoms with Crippen molar-refractivity contribution in [1.29, 1.82) is 0 Å². The normalized spacial score (nSPS) is 21.1. The Balaban J connectivity index is 2.99. The zero-order valence-electron chi connectivity index (χ0n) is 14.7. The molecule has 1 fully saturated rings. The van der Waals surface area contributed by atoms with Crippen molar-refractivity contribution in [3.63, 3.8) is 0 Å². The molecular formula is C11H30BNO5Si4. The Morgan fingerprint density at radius 3 is 2.09 bits per heavy atom. The van der Waals surface area contributed by atoms with Crippen molar-refractivity contribution < 1.29 is 21.9 Å². The summed E-state index contributed by atoms with van der Waals surface area (Å²) in [5, 5.41) is 0. The van der Waals surface area contributed by atoms with E-state index >= 15 is 0 Å². The second-order valence-electron chi connectivity index (χ2n) is 6.99. The third-order valence-corrected chi connectivity index (χ3v) is 13.5. The van der Waals surface area contributed by atoms with E-state index in [1.807, 2.05) is 13.1 Å². The number of hydrogen-bond donors (Lipinski definition) is 1. The summed E-state index contributed by atoms with van der Waals surface area (Å²) in [5.74, 6) is 0. The molecule has 1 N–H and O–H groups in total. The lowest BCUT2D eigenvalue weighted by molar-refractivity contribution is 0.0382. The van der Waals surface area contributed by atoms with Crippen molar-refractivity contribution in [2.75, 3.05) is 32.5 Å². The minimum atomic E-state index is -3.04. The van der Waals surface area contributed by atoms with Gasteiger partial charge in [-0.05, 0) is 26.2 Å². The molecule has 1 aliphatic heterocycles. The van der Waals surface area contributed by atoms with Crippen LogP contribution in [0.1, 0.15) is 0 Å². The van der Waals surface area contributed by atoms with E-state index in [4.69, 9.17) is 24.5 Å². The molecule has 0 amide bonds. The van der Waals surface area contributed by atoms with Crippen LogP contribution in [0.25, 0.3) is 0 Å². The van der Waals surface area contributed by atoms with Gasteiger partial charge >= 0.3 is 17.4 Å². The fourth-order valence-electron chi connectivity index (χ4n) is 2.34. The van der Waals surface area contributed by atoms with Gasteiger partial charge in [-0.3, -0.25) is 4.90 Å². The lowest BCUT2D eigenvalue weighted by Gasteiger charge is -2.43. The lowest BCUT2D eigenvalue weighted by atomic mass is 10.5. The standard InChI is InChI=1S/C11H30BNO5Si4/c1-19(2)16-22(17-20(3,4)12,18-21(5,6)14)11-13-7-9-15-10-8-13/h14,19H,7-11H2,1-6H3. The Morgan fingerprint density at radius 2 is 1.68 bits per heavy atom. The molecule has 1 atom stereocenters. The van der Waals surface area contributed by atoms with Crippen LogP contribution in [0.15, 0.2) is 0 Å². The molecule has 0 aromatic carbocycles. The second-order valence-corrected chi connectivity index (χ2v) is 19.4. The Labute approximate surface area is 140 Å². The molecule has 128 valence electrons. The fourth-order valence-corrected chi connectivity index (χ4v) is 14.9. The molecule has 0 spiro atoms. The van der Waals surface area contributed by atoms with Crippen molar-refractivity contribution in [1.82, 2.24) is 4.90 Å². The summed E-state index contributed by atoms with van der Waals surface area (Å²) in [4.78, 5) is 12.6. The molecule has 0 aromatic rings. The van der Waals surface area contributed by atoms with E-state index < -0.39 is 34.6 Å². The van der Waals surface area contributed by atoms with Gasteiger partial charge in [0.25, 0.3) is 0 Å². The maximum absolute atomic E-state index is 10.3. The molecule has 1 rings (SSSR count). The molecule has 1 heterocycles. The van der Waals surface area contributed by atoms with Crippen molar-refractivity contribution in [2.45, 2.75) is 39.3 Å². The molecule has 22 heavy (non-hydrogen) atoms. The van der Waals surface area contributed by atoms with Crippen LogP contribution in [-0.2, 0) is 17.1 Å². The Morgan fingerprint density at radius 1 is 1.14 bits per heavy atom. The largest absolute Gasteiger partial charge is 0.485 e. The average Bonchev–Trinajstić information content (AvgIpc) is 2.23. The van der Waals surface area contributed by atoms with Crippen molar-refractivity contribution in [2.24, 2.45) is 0 Å². The Kier molecular flexibility index (Phi) is 7.71. The molecule has 1 saturated heterocycles. The zero-order valence-corrected chi connectivity index (χ0v) is 18.9. The highest BCUT2D eigenvalue weighted by Crippen LogP contribution is 2.22. The summed E-state index contributed by atoms with van der Waals surface area (Å²) >= 11 is 0. The molecule has 0 bridgehead atoms. The molecule has 2 radical (unpaired) electrons. The lowest BCUT2D eigenvalue weighted by Crippen LogP contribution is -2.66. The van der Waals surface area contributed by atoms with Crippen LogP contribution >= 0.6 is 0 Å². The highest BCUT2D eigenvalue weighted by Gasteiger charge is 2.50. The SMILES string of the molecule is [B][Si](C)(C)O[Si](CN1CCOCC1)(O[SiH](C)C)O[Si](C)(C)O. The van der Waals surface area contributed by atoms with Gasteiger partial charge in [0.1, 0.15) is 8.19 Å². The summed E-state index contributed by atoms with van der Waals surface area (Å²) < 4.78 is 24.0. The first-order valence-corrected chi connectivity index (χ1v) is 18.4. The van der Waals surface area contributed by atoms with Crippen molar-refractivity contribution in [3.05, 3.63) is 0 Å². The van der Waals surface area contributed by atoms with Gasteiger partial charge in [-0.2, -0.15) is 0 Å². The number of nitrogens with zero attached hydrogens (tertiary/aromatic N) is 1. The van der Waals surface area contributed by atoms with Crippen molar-refractivity contribution >= 4 is 42.0 Å². The minimum absolute atomic E-state index is 0.576. The van der Waals surface area contributed by atoms with E-state index in [2.05, 4.69) is 18.0 Å². The van der Waals surface area contributed by atoms with Gasteiger partial charge < -0.3 is 21.9 Å². The van der Waals surface area contributed by atoms with Gasteiger partial charge in [0, 0.05) is 13.1 Å². The Hall–Kier alpha value is 0.692. The van der Waals surface area contributed by atoms with E-state index in [9.17, 15) is 4.80 Å². The number of rotatable bonds is 8. The Bertz CT molecular complexity index is 328. The van der Waals surface area contributed by atoms with Crippen LogP contribution in [0.4, 0.5) is 0 Å². The number of hydrogen-bond acceptors (Lipinski definition) is 6. The van der Waals surface area contributed by atoms with Gasteiger partial charge in [-0.1, -0.05) is 13.1 Å². The molecule has 11 heteroatoms. The molecule has 0 saturated carbocycles. The minimum Gasteiger partial charge on any atom is -0.424 e. The molecule has 0 aliphatic carbocycles. The van der Waals surface area contributed by atoms with Gasteiger partial charge in [-0.15, -0.1) is 0 Å². The molecule has 0 aromatic heterocycles. The first-order chi connectivity index (χ1) is 9.91. The van der Waals surface area contributed by atoms with E-state index in [0.717, 1.165) is 13.1 Å². The fraction of sp³-hybridized carbons (Fsp3) is 1.00. The van der Waals surface area contributed by atoms with Crippen molar-refractivity contribution in [3.8, 4) is 0 Å². The second kappa shape index (κ2) is 8.18. The highest BCUT2D eigenvalue weighted by atomic mass is 28.5. The van der Waals surface area contributed by atoms with Crippen LogP contribution in [-0.4, -0.2) is 84.2 Å². The maximum atomic E-state index is 10.3. The number of morpholine rings is 1. The monoisotopic (exact) mass is 379 g/mol.